The summed E-state index contributed by atoms with van der Waals surface area (Å²) >= 11 is 0. The molecule has 1 aromatic heterocycles. The zero-order valence-corrected chi connectivity index (χ0v) is 17.0. The Morgan fingerprint density at radius 2 is 1.43 bits per heavy atom. The predicted molar refractivity (Wildman–Crippen MR) is 112 cm³/mol. The smallest absolute Gasteiger partial charge is 0.164 e. The van der Waals surface area contributed by atoms with E-state index in [1.54, 1.807) is 6.20 Å². The number of hydrogen-bond donors (Lipinski definition) is 0. The van der Waals surface area contributed by atoms with Gasteiger partial charge in [0, 0.05) is 23.0 Å². The molecule has 1 saturated heterocycles. The van der Waals surface area contributed by atoms with Crippen LogP contribution in [0.2, 0.25) is 0 Å². The summed E-state index contributed by atoms with van der Waals surface area (Å²) in [4.78, 5) is 4.46. The highest BCUT2D eigenvalue weighted by Crippen LogP contribution is 2.49. The van der Waals surface area contributed by atoms with E-state index in [0.29, 0.717) is 6.16 Å². The van der Waals surface area contributed by atoms with Gasteiger partial charge in [-0.05, 0) is 26.0 Å². The third-order valence-corrected chi connectivity index (χ3v) is 8.09. The highest BCUT2D eigenvalue weighted by atomic mass is 31.2. The van der Waals surface area contributed by atoms with Crippen LogP contribution in [0.25, 0.3) is 0 Å². The van der Waals surface area contributed by atoms with Crippen LogP contribution >= 0.6 is 7.14 Å². The molecule has 3 aromatic rings. The molecule has 2 atom stereocenters. The Balaban J connectivity index is 1.75. The topological polar surface area (TPSA) is 48.4 Å². The summed E-state index contributed by atoms with van der Waals surface area (Å²) in [6.45, 7) is 3.78. The van der Waals surface area contributed by atoms with E-state index in [4.69, 9.17) is 9.47 Å². The Hall–Kier alpha value is -2.26. The van der Waals surface area contributed by atoms with Gasteiger partial charge in [-0.15, -0.1) is 0 Å². The molecular formula is C23H24NO3P. The molecule has 1 aliphatic heterocycles. The minimum absolute atomic E-state index is 0.353. The molecule has 0 amide bonds. The second kappa shape index (κ2) is 7.63. The highest BCUT2D eigenvalue weighted by Gasteiger charge is 2.46. The van der Waals surface area contributed by atoms with Crippen molar-refractivity contribution in [3.05, 3.63) is 90.8 Å². The largest absolute Gasteiger partial charge is 0.344 e. The Kier molecular flexibility index (Phi) is 5.20. The molecule has 0 N–H and O–H groups in total. The summed E-state index contributed by atoms with van der Waals surface area (Å²) in [6, 6.07) is 25.1. The van der Waals surface area contributed by atoms with Crippen LogP contribution in [0.4, 0.5) is 0 Å². The first-order valence-corrected chi connectivity index (χ1v) is 11.3. The summed E-state index contributed by atoms with van der Waals surface area (Å²) in [5, 5.41) is 1.66. The average Bonchev–Trinajstić information content (AvgIpc) is 3.04. The van der Waals surface area contributed by atoms with Gasteiger partial charge in [0.25, 0.3) is 0 Å². The van der Waals surface area contributed by atoms with Crippen LogP contribution in [0.1, 0.15) is 25.6 Å². The third kappa shape index (κ3) is 3.81. The summed E-state index contributed by atoms with van der Waals surface area (Å²) in [5.74, 6) is -0.759. The predicted octanol–water partition coefficient (Wildman–Crippen LogP) is 4.29. The van der Waals surface area contributed by atoms with E-state index in [1.165, 1.54) is 0 Å². The van der Waals surface area contributed by atoms with Crippen LogP contribution in [-0.4, -0.2) is 23.0 Å². The molecule has 0 unspecified atom stereocenters. The SMILES string of the molecule is CC1(C)O[C@H](c2ccccn2)[C@@H](CP(=O)(c2ccccc2)c2ccccc2)O1. The Morgan fingerprint density at radius 3 is 1.96 bits per heavy atom. The lowest BCUT2D eigenvalue weighted by molar-refractivity contribution is -0.145. The fraction of sp³-hybridized carbons (Fsp3) is 0.261. The monoisotopic (exact) mass is 393 g/mol. The number of rotatable bonds is 5. The first-order valence-electron chi connectivity index (χ1n) is 9.45. The van der Waals surface area contributed by atoms with Crippen molar-refractivity contribution in [2.45, 2.75) is 31.8 Å². The van der Waals surface area contributed by atoms with Gasteiger partial charge in [-0.2, -0.15) is 0 Å². The molecule has 0 radical (unpaired) electrons. The fourth-order valence-corrected chi connectivity index (χ4v) is 6.51. The normalized spacial score (nSPS) is 21.5. The Morgan fingerprint density at radius 1 is 0.857 bits per heavy atom. The van der Waals surface area contributed by atoms with Crippen molar-refractivity contribution in [1.82, 2.24) is 4.98 Å². The van der Waals surface area contributed by atoms with Gasteiger partial charge in [-0.3, -0.25) is 4.98 Å². The number of aromatic nitrogens is 1. The molecule has 2 aromatic carbocycles. The summed E-state index contributed by atoms with van der Waals surface area (Å²) in [7, 11) is -2.92. The second-order valence-corrected chi connectivity index (χ2v) is 10.3. The number of nitrogens with zero attached hydrogens (tertiary/aromatic N) is 1. The molecule has 1 fully saturated rings. The van der Waals surface area contributed by atoms with Crippen molar-refractivity contribution in [2.24, 2.45) is 0 Å². The van der Waals surface area contributed by atoms with Gasteiger partial charge >= 0.3 is 0 Å². The van der Waals surface area contributed by atoms with Crippen LogP contribution in [0.3, 0.4) is 0 Å². The van der Waals surface area contributed by atoms with E-state index in [0.717, 1.165) is 16.3 Å². The molecule has 0 aliphatic carbocycles. The van der Waals surface area contributed by atoms with Crippen molar-refractivity contribution in [2.75, 3.05) is 6.16 Å². The van der Waals surface area contributed by atoms with Crippen LogP contribution in [0.5, 0.6) is 0 Å². The first-order chi connectivity index (χ1) is 13.5. The minimum Gasteiger partial charge on any atom is -0.344 e. The van der Waals surface area contributed by atoms with Gasteiger partial charge < -0.3 is 14.0 Å². The van der Waals surface area contributed by atoms with Gasteiger partial charge in [0.05, 0.1) is 5.69 Å². The van der Waals surface area contributed by atoms with Crippen molar-refractivity contribution < 1.29 is 14.0 Å². The van der Waals surface area contributed by atoms with Crippen molar-refractivity contribution in [1.29, 1.82) is 0 Å². The second-order valence-electron chi connectivity index (χ2n) is 7.44. The molecular weight excluding hydrogens is 369 g/mol. The Bertz CT molecular complexity index is 917. The average molecular weight is 393 g/mol. The van der Waals surface area contributed by atoms with Gasteiger partial charge in [-0.1, -0.05) is 66.7 Å². The standard InChI is InChI=1S/C23H24NO3P/c1-23(2)26-21(22(27-23)20-15-9-10-16-24-20)17-28(25,18-11-5-3-6-12-18)19-13-7-4-8-14-19/h3-16,21-22H,17H2,1-2H3/t21-,22-/m1/s1. The number of hydrogen-bond acceptors (Lipinski definition) is 4. The van der Waals surface area contributed by atoms with Crippen LogP contribution in [-0.2, 0) is 14.0 Å². The first kappa shape index (κ1) is 19.1. The Labute approximate surface area is 165 Å². The van der Waals surface area contributed by atoms with E-state index in [2.05, 4.69) is 4.98 Å². The number of ether oxygens (including phenoxy) is 2. The molecule has 5 heteroatoms. The summed E-state index contributed by atoms with van der Waals surface area (Å²) in [5.41, 5.74) is 0.797. The fourth-order valence-electron chi connectivity index (χ4n) is 3.71. The molecule has 4 nitrogen and oxygen atoms in total. The van der Waals surface area contributed by atoms with Crippen molar-refractivity contribution in [3.63, 3.8) is 0 Å². The quantitative estimate of drug-likeness (QED) is 0.607. The summed E-state index contributed by atoms with van der Waals surface area (Å²) in [6.07, 6.45) is 1.37. The lowest BCUT2D eigenvalue weighted by Gasteiger charge is -2.25. The van der Waals surface area contributed by atoms with Crippen LogP contribution in [0.15, 0.2) is 85.1 Å². The van der Waals surface area contributed by atoms with E-state index < -0.39 is 12.9 Å². The van der Waals surface area contributed by atoms with Gasteiger partial charge in [0.1, 0.15) is 19.3 Å². The zero-order valence-electron chi connectivity index (χ0n) is 16.1. The number of benzene rings is 2. The van der Waals surface area contributed by atoms with E-state index in [1.807, 2.05) is 92.7 Å². The lowest BCUT2D eigenvalue weighted by atomic mass is 10.1. The maximum absolute atomic E-state index is 14.4. The maximum atomic E-state index is 14.4. The lowest BCUT2D eigenvalue weighted by Crippen LogP contribution is -2.29. The number of pyridine rings is 1. The van der Waals surface area contributed by atoms with Gasteiger partial charge in [0.2, 0.25) is 0 Å². The molecule has 0 saturated carbocycles. The third-order valence-electron chi connectivity index (χ3n) is 4.95. The van der Waals surface area contributed by atoms with E-state index in [-0.39, 0.29) is 12.2 Å². The minimum atomic E-state index is -2.92. The maximum Gasteiger partial charge on any atom is 0.164 e. The van der Waals surface area contributed by atoms with Crippen LogP contribution in [0, 0.1) is 0 Å². The molecule has 28 heavy (non-hydrogen) atoms. The van der Waals surface area contributed by atoms with Gasteiger partial charge in [0.15, 0.2) is 5.79 Å². The molecule has 0 spiro atoms. The molecule has 144 valence electrons. The van der Waals surface area contributed by atoms with Gasteiger partial charge in [-0.25, -0.2) is 0 Å². The van der Waals surface area contributed by atoms with Crippen molar-refractivity contribution in [3.8, 4) is 0 Å². The highest BCUT2D eigenvalue weighted by molar-refractivity contribution is 7.78. The molecule has 2 heterocycles. The zero-order chi connectivity index (χ0) is 19.6. The van der Waals surface area contributed by atoms with Crippen molar-refractivity contribution >= 4 is 17.8 Å². The van der Waals surface area contributed by atoms with E-state index >= 15 is 0 Å². The summed E-state index contributed by atoms with van der Waals surface area (Å²) < 4.78 is 26.8. The van der Waals surface area contributed by atoms with E-state index in [9.17, 15) is 4.57 Å². The molecule has 4 rings (SSSR count). The molecule has 0 bridgehead atoms. The molecule has 1 aliphatic rings. The van der Waals surface area contributed by atoms with Crippen LogP contribution < -0.4 is 10.6 Å².